The van der Waals surface area contributed by atoms with Crippen LogP contribution in [0.25, 0.3) is 0 Å². The lowest BCUT2D eigenvalue weighted by molar-refractivity contribution is 0.178. The summed E-state index contributed by atoms with van der Waals surface area (Å²) < 4.78 is 0. The quantitative estimate of drug-likeness (QED) is 0.763. The van der Waals surface area contributed by atoms with Crippen molar-refractivity contribution < 1.29 is 0 Å². The van der Waals surface area contributed by atoms with Gasteiger partial charge in [-0.15, -0.1) is 0 Å². The maximum Gasteiger partial charge on any atom is 0.0118 e. The van der Waals surface area contributed by atoms with Crippen molar-refractivity contribution in [2.24, 2.45) is 23.2 Å². The Morgan fingerprint density at radius 1 is 1.12 bits per heavy atom. The molecule has 1 nitrogen and oxygen atoms in total. The molecule has 0 amide bonds. The Balaban J connectivity index is 2.41. The fourth-order valence-corrected chi connectivity index (χ4v) is 2.70. The van der Waals surface area contributed by atoms with E-state index in [1.54, 1.807) is 0 Å². The van der Waals surface area contributed by atoms with Crippen LogP contribution in [-0.4, -0.2) is 12.6 Å². The first-order valence-corrected chi connectivity index (χ1v) is 7.05. The molecular weight excluding hydrogens is 194 g/mol. The van der Waals surface area contributed by atoms with Gasteiger partial charge in [-0.25, -0.2) is 0 Å². The van der Waals surface area contributed by atoms with Crippen molar-refractivity contribution in [2.75, 3.05) is 6.54 Å². The Morgan fingerprint density at radius 3 is 2.06 bits per heavy atom. The van der Waals surface area contributed by atoms with Crippen molar-refractivity contribution in [1.82, 2.24) is 5.32 Å². The minimum absolute atomic E-state index is 0.425. The Bertz CT molecular complexity index is 194. The molecule has 0 radical (unpaired) electrons. The van der Waals surface area contributed by atoms with E-state index in [-0.39, 0.29) is 0 Å². The molecule has 0 aromatic rings. The first-order chi connectivity index (χ1) is 7.32. The van der Waals surface area contributed by atoms with Gasteiger partial charge in [-0.1, -0.05) is 48.0 Å². The molecule has 1 aliphatic carbocycles. The zero-order chi connectivity index (χ0) is 12.3. The molecule has 0 bridgehead atoms. The van der Waals surface area contributed by atoms with E-state index < -0.39 is 0 Å². The molecule has 0 aromatic carbocycles. The summed E-state index contributed by atoms with van der Waals surface area (Å²) >= 11 is 0. The smallest absolute Gasteiger partial charge is 0.0118 e. The Labute approximate surface area is 102 Å². The minimum Gasteiger partial charge on any atom is -0.313 e. The summed E-state index contributed by atoms with van der Waals surface area (Å²) in [4.78, 5) is 0. The number of nitrogens with one attached hydrogen (secondary N) is 1. The molecule has 1 N–H and O–H groups in total. The van der Waals surface area contributed by atoms with Gasteiger partial charge < -0.3 is 5.32 Å². The highest BCUT2D eigenvalue weighted by atomic mass is 14.9. The van der Waals surface area contributed by atoms with Gasteiger partial charge in [0.1, 0.15) is 0 Å². The molecule has 0 spiro atoms. The van der Waals surface area contributed by atoms with Gasteiger partial charge in [0.25, 0.3) is 0 Å². The van der Waals surface area contributed by atoms with E-state index in [0.29, 0.717) is 5.41 Å². The van der Waals surface area contributed by atoms with Crippen LogP contribution in [-0.2, 0) is 0 Å². The molecule has 16 heavy (non-hydrogen) atoms. The molecule has 0 saturated heterocycles. The van der Waals surface area contributed by atoms with E-state index in [4.69, 9.17) is 0 Å². The van der Waals surface area contributed by atoms with Crippen LogP contribution in [0.1, 0.15) is 60.8 Å². The average Bonchev–Trinajstić information content (AvgIpc) is 2.15. The molecule has 96 valence electrons. The maximum absolute atomic E-state index is 3.83. The number of rotatable bonds is 3. The van der Waals surface area contributed by atoms with Crippen LogP contribution in [0, 0.1) is 23.2 Å². The first kappa shape index (κ1) is 14.0. The van der Waals surface area contributed by atoms with Gasteiger partial charge in [-0.05, 0) is 42.6 Å². The topological polar surface area (TPSA) is 12.0 Å². The Morgan fingerprint density at radius 2 is 1.62 bits per heavy atom. The zero-order valence-corrected chi connectivity index (χ0v) is 12.1. The lowest BCUT2D eigenvalue weighted by atomic mass is 9.77. The third kappa shape index (κ3) is 3.76. The summed E-state index contributed by atoms with van der Waals surface area (Å²) in [6.45, 7) is 15.4. The van der Waals surface area contributed by atoms with E-state index in [1.807, 2.05) is 0 Å². The summed E-state index contributed by atoms with van der Waals surface area (Å²) in [7, 11) is 0. The first-order valence-electron chi connectivity index (χ1n) is 7.05. The Kier molecular flexibility index (Phi) is 4.85. The van der Waals surface area contributed by atoms with Gasteiger partial charge in [0, 0.05) is 6.04 Å². The highest BCUT2D eigenvalue weighted by molar-refractivity contribution is 4.84. The van der Waals surface area contributed by atoms with Crippen molar-refractivity contribution in [2.45, 2.75) is 66.8 Å². The minimum atomic E-state index is 0.425. The second-order valence-electron chi connectivity index (χ2n) is 7.09. The molecule has 0 aliphatic heterocycles. The summed E-state index contributed by atoms with van der Waals surface area (Å²) in [5.74, 6) is 2.46. The lowest BCUT2D eigenvalue weighted by Crippen LogP contribution is -2.45. The van der Waals surface area contributed by atoms with E-state index in [9.17, 15) is 0 Å². The Hall–Kier alpha value is -0.0400. The summed E-state index contributed by atoms with van der Waals surface area (Å²) in [5, 5.41) is 3.83. The van der Waals surface area contributed by atoms with Crippen LogP contribution < -0.4 is 5.32 Å². The summed E-state index contributed by atoms with van der Waals surface area (Å²) in [5.41, 5.74) is 0.425. The molecule has 1 fully saturated rings. The fourth-order valence-electron chi connectivity index (χ4n) is 2.70. The SMILES string of the molecule is CC1CCCC(C)C1NCC(C)C(C)(C)C. The molecular formula is C15H31N. The van der Waals surface area contributed by atoms with Crippen LogP contribution in [0.2, 0.25) is 0 Å². The third-order valence-corrected chi connectivity index (χ3v) is 4.68. The second-order valence-corrected chi connectivity index (χ2v) is 7.09. The van der Waals surface area contributed by atoms with Gasteiger partial charge in [0.15, 0.2) is 0 Å². The van der Waals surface area contributed by atoms with Gasteiger partial charge in [0.2, 0.25) is 0 Å². The molecule has 1 aliphatic rings. The zero-order valence-electron chi connectivity index (χ0n) is 12.1. The highest BCUT2D eigenvalue weighted by Gasteiger charge is 2.28. The van der Waals surface area contributed by atoms with Crippen molar-refractivity contribution in [3.63, 3.8) is 0 Å². The standard InChI is InChI=1S/C15H31N/c1-11-8-7-9-12(2)14(11)16-10-13(3)15(4,5)6/h11-14,16H,7-10H2,1-6H3. The molecule has 1 rings (SSSR count). The highest BCUT2D eigenvalue weighted by Crippen LogP contribution is 2.30. The molecule has 1 saturated carbocycles. The van der Waals surface area contributed by atoms with E-state index in [2.05, 4.69) is 46.9 Å². The van der Waals surface area contributed by atoms with Gasteiger partial charge in [-0.3, -0.25) is 0 Å². The summed E-state index contributed by atoms with van der Waals surface area (Å²) in [6.07, 6.45) is 4.24. The number of hydrogen-bond acceptors (Lipinski definition) is 1. The van der Waals surface area contributed by atoms with E-state index in [0.717, 1.165) is 23.8 Å². The molecule has 3 unspecified atom stereocenters. The number of hydrogen-bond donors (Lipinski definition) is 1. The van der Waals surface area contributed by atoms with E-state index >= 15 is 0 Å². The van der Waals surface area contributed by atoms with Gasteiger partial charge in [0.05, 0.1) is 0 Å². The van der Waals surface area contributed by atoms with Crippen molar-refractivity contribution >= 4 is 0 Å². The molecule has 0 aromatic heterocycles. The van der Waals surface area contributed by atoms with Crippen LogP contribution in [0.15, 0.2) is 0 Å². The van der Waals surface area contributed by atoms with E-state index in [1.165, 1.54) is 25.8 Å². The van der Waals surface area contributed by atoms with Crippen LogP contribution in [0.5, 0.6) is 0 Å². The van der Waals surface area contributed by atoms with Crippen molar-refractivity contribution in [3.05, 3.63) is 0 Å². The van der Waals surface area contributed by atoms with Crippen LogP contribution >= 0.6 is 0 Å². The van der Waals surface area contributed by atoms with Crippen molar-refractivity contribution in [1.29, 1.82) is 0 Å². The predicted molar refractivity (Wildman–Crippen MR) is 72.6 cm³/mol. The second kappa shape index (κ2) is 5.53. The molecule has 0 heterocycles. The molecule has 1 heteroatoms. The third-order valence-electron chi connectivity index (χ3n) is 4.68. The maximum atomic E-state index is 3.83. The lowest BCUT2D eigenvalue weighted by Gasteiger charge is -2.37. The predicted octanol–water partition coefficient (Wildman–Crippen LogP) is 4.08. The average molecular weight is 225 g/mol. The summed E-state index contributed by atoms with van der Waals surface area (Å²) in [6, 6.07) is 0.749. The molecule has 3 atom stereocenters. The van der Waals surface area contributed by atoms with Crippen LogP contribution in [0.3, 0.4) is 0 Å². The fraction of sp³-hybridized carbons (Fsp3) is 1.00. The van der Waals surface area contributed by atoms with Crippen LogP contribution in [0.4, 0.5) is 0 Å². The van der Waals surface area contributed by atoms with Gasteiger partial charge in [-0.2, -0.15) is 0 Å². The normalized spacial score (nSPS) is 33.8. The monoisotopic (exact) mass is 225 g/mol. The largest absolute Gasteiger partial charge is 0.313 e. The van der Waals surface area contributed by atoms with Gasteiger partial charge >= 0.3 is 0 Å². The van der Waals surface area contributed by atoms with Crippen molar-refractivity contribution in [3.8, 4) is 0 Å².